The molecule has 6 nitrogen and oxygen atoms in total. The molecule has 21 heavy (non-hydrogen) atoms. The van der Waals surface area contributed by atoms with Crippen molar-refractivity contribution in [3.05, 3.63) is 12.2 Å². The highest BCUT2D eigenvalue weighted by molar-refractivity contribution is 5.85. The number of nitrogens with two attached hydrogens (primary N) is 1. The van der Waals surface area contributed by atoms with E-state index in [1.54, 1.807) is 6.33 Å². The Labute approximate surface area is 139 Å². The van der Waals surface area contributed by atoms with Gasteiger partial charge < -0.3 is 15.6 Å². The second-order valence-corrected chi connectivity index (χ2v) is 5.24. The van der Waals surface area contributed by atoms with Gasteiger partial charge in [-0.15, -0.1) is 35.0 Å². The lowest BCUT2D eigenvalue weighted by atomic mass is 9.99. The molecule has 0 saturated heterocycles. The van der Waals surface area contributed by atoms with Gasteiger partial charge in [0, 0.05) is 19.0 Å². The van der Waals surface area contributed by atoms with Gasteiger partial charge in [0.15, 0.2) is 0 Å². The molecule has 2 atom stereocenters. The molecule has 3 N–H and O–H groups in total. The van der Waals surface area contributed by atoms with Crippen LogP contribution in [-0.2, 0) is 11.3 Å². The zero-order valence-electron chi connectivity index (χ0n) is 13.1. The maximum atomic E-state index is 11.8. The van der Waals surface area contributed by atoms with Gasteiger partial charge in [-0.05, 0) is 5.92 Å². The number of rotatable bonds is 7. The molecule has 0 spiro atoms. The Morgan fingerprint density at radius 3 is 2.52 bits per heavy atom. The molecule has 0 aliphatic heterocycles. The summed E-state index contributed by atoms with van der Waals surface area (Å²) in [5, 5.41) is 10.8. The standard InChI is InChI=1S/C13H25N5O.2ClH/c1-5-10(4)11(14)13(19)15-6-7-18-8-16-17-12(18)9(2)3;;/h8-11H,5-7,14H2,1-4H3,(H,15,19);2*1H. The number of nitrogens with one attached hydrogen (secondary N) is 1. The second-order valence-electron chi connectivity index (χ2n) is 5.24. The molecule has 1 amide bonds. The summed E-state index contributed by atoms with van der Waals surface area (Å²) in [5.74, 6) is 1.36. The van der Waals surface area contributed by atoms with Crippen LogP contribution in [0.15, 0.2) is 6.33 Å². The number of aromatic nitrogens is 3. The summed E-state index contributed by atoms with van der Waals surface area (Å²) in [5.41, 5.74) is 5.87. The quantitative estimate of drug-likeness (QED) is 0.792. The van der Waals surface area contributed by atoms with Gasteiger partial charge in [-0.2, -0.15) is 0 Å². The Morgan fingerprint density at radius 2 is 2.00 bits per heavy atom. The lowest BCUT2D eigenvalue weighted by molar-refractivity contribution is -0.123. The van der Waals surface area contributed by atoms with Gasteiger partial charge in [-0.25, -0.2) is 0 Å². The smallest absolute Gasteiger partial charge is 0.237 e. The summed E-state index contributed by atoms with van der Waals surface area (Å²) < 4.78 is 1.96. The zero-order chi connectivity index (χ0) is 14.4. The third-order valence-corrected chi connectivity index (χ3v) is 3.37. The summed E-state index contributed by atoms with van der Waals surface area (Å²) in [6, 6.07) is -0.435. The Hall–Kier alpha value is -0.850. The lowest BCUT2D eigenvalue weighted by Crippen LogP contribution is -2.45. The van der Waals surface area contributed by atoms with Crippen LogP contribution in [0.4, 0.5) is 0 Å². The van der Waals surface area contributed by atoms with Crippen molar-refractivity contribution in [3.8, 4) is 0 Å². The Kier molecular flexibility index (Phi) is 11.6. The van der Waals surface area contributed by atoms with Crippen LogP contribution < -0.4 is 11.1 Å². The van der Waals surface area contributed by atoms with Gasteiger partial charge in [-0.3, -0.25) is 4.79 Å². The molecule has 0 fully saturated rings. The van der Waals surface area contributed by atoms with Crippen LogP contribution in [0.5, 0.6) is 0 Å². The summed E-state index contributed by atoms with van der Waals surface area (Å²) in [7, 11) is 0. The minimum Gasteiger partial charge on any atom is -0.353 e. The van der Waals surface area contributed by atoms with Crippen molar-refractivity contribution in [1.29, 1.82) is 0 Å². The number of carbonyl (C=O) groups excluding carboxylic acids is 1. The van der Waals surface area contributed by atoms with Crippen molar-refractivity contribution >= 4 is 30.7 Å². The van der Waals surface area contributed by atoms with Gasteiger partial charge in [0.1, 0.15) is 12.2 Å². The number of hydrogen-bond donors (Lipinski definition) is 2. The predicted molar refractivity (Wildman–Crippen MR) is 89.0 cm³/mol. The van der Waals surface area contributed by atoms with Crippen LogP contribution in [-0.4, -0.2) is 33.3 Å². The number of halogens is 2. The maximum Gasteiger partial charge on any atom is 0.237 e. The molecule has 8 heteroatoms. The summed E-state index contributed by atoms with van der Waals surface area (Å²) in [6.45, 7) is 9.36. The second kappa shape index (κ2) is 10.8. The fraction of sp³-hybridized carbons (Fsp3) is 0.769. The molecule has 0 aliphatic rings. The van der Waals surface area contributed by atoms with Crippen LogP contribution in [0.2, 0.25) is 0 Å². The highest BCUT2D eigenvalue weighted by Gasteiger charge is 2.18. The van der Waals surface area contributed by atoms with Gasteiger partial charge in [-0.1, -0.05) is 34.1 Å². The first-order valence-electron chi connectivity index (χ1n) is 6.88. The van der Waals surface area contributed by atoms with Crippen LogP contribution in [0, 0.1) is 5.92 Å². The number of hydrogen-bond acceptors (Lipinski definition) is 4. The van der Waals surface area contributed by atoms with Crippen LogP contribution in [0.1, 0.15) is 45.9 Å². The van der Waals surface area contributed by atoms with Crippen molar-refractivity contribution in [2.75, 3.05) is 6.54 Å². The summed E-state index contributed by atoms with van der Waals surface area (Å²) in [6.07, 6.45) is 2.59. The first-order valence-corrected chi connectivity index (χ1v) is 6.88. The van der Waals surface area contributed by atoms with E-state index in [2.05, 4.69) is 29.4 Å². The van der Waals surface area contributed by atoms with E-state index in [1.165, 1.54) is 0 Å². The van der Waals surface area contributed by atoms with E-state index < -0.39 is 6.04 Å². The zero-order valence-corrected chi connectivity index (χ0v) is 14.7. The average Bonchev–Trinajstić information content (AvgIpc) is 2.85. The van der Waals surface area contributed by atoms with Crippen LogP contribution in [0.3, 0.4) is 0 Å². The van der Waals surface area contributed by atoms with Gasteiger partial charge in [0.2, 0.25) is 5.91 Å². The van der Waals surface area contributed by atoms with E-state index in [4.69, 9.17) is 5.73 Å². The molecule has 0 radical (unpaired) electrons. The van der Waals surface area contributed by atoms with Crippen molar-refractivity contribution in [2.24, 2.45) is 11.7 Å². The highest BCUT2D eigenvalue weighted by Crippen LogP contribution is 2.09. The number of nitrogens with zero attached hydrogens (tertiary/aromatic N) is 3. The van der Waals surface area contributed by atoms with E-state index in [0.717, 1.165) is 12.2 Å². The molecule has 1 aromatic heterocycles. The van der Waals surface area contributed by atoms with Crippen LogP contribution in [0.25, 0.3) is 0 Å². The Bertz CT molecular complexity index is 411. The lowest BCUT2D eigenvalue weighted by Gasteiger charge is -2.18. The van der Waals surface area contributed by atoms with Gasteiger partial charge >= 0.3 is 0 Å². The molecule has 1 rings (SSSR count). The molecule has 124 valence electrons. The summed E-state index contributed by atoms with van der Waals surface area (Å²) >= 11 is 0. The first kappa shape index (κ1) is 22.4. The Morgan fingerprint density at radius 1 is 1.38 bits per heavy atom. The topological polar surface area (TPSA) is 85.8 Å². The minimum absolute atomic E-state index is 0. The van der Waals surface area contributed by atoms with E-state index in [9.17, 15) is 4.79 Å². The van der Waals surface area contributed by atoms with Crippen LogP contribution >= 0.6 is 24.8 Å². The van der Waals surface area contributed by atoms with E-state index >= 15 is 0 Å². The normalized spacial score (nSPS) is 13.0. The molecule has 2 unspecified atom stereocenters. The fourth-order valence-electron chi connectivity index (χ4n) is 1.81. The van der Waals surface area contributed by atoms with Crippen molar-refractivity contribution in [1.82, 2.24) is 20.1 Å². The van der Waals surface area contributed by atoms with Crippen molar-refractivity contribution in [2.45, 2.75) is 52.6 Å². The van der Waals surface area contributed by atoms with E-state index in [1.807, 2.05) is 18.4 Å². The average molecular weight is 340 g/mol. The molecular weight excluding hydrogens is 313 g/mol. The van der Waals surface area contributed by atoms with Gasteiger partial charge in [0.05, 0.1) is 6.04 Å². The molecule has 1 heterocycles. The molecule has 0 aliphatic carbocycles. The van der Waals surface area contributed by atoms with E-state index in [0.29, 0.717) is 19.0 Å². The van der Waals surface area contributed by atoms with Crippen molar-refractivity contribution in [3.63, 3.8) is 0 Å². The molecule has 0 aromatic carbocycles. The first-order chi connectivity index (χ1) is 8.97. The maximum absolute atomic E-state index is 11.8. The monoisotopic (exact) mass is 339 g/mol. The van der Waals surface area contributed by atoms with Gasteiger partial charge in [0.25, 0.3) is 0 Å². The highest BCUT2D eigenvalue weighted by atomic mass is 35.5. The molecular formula is C13H27Cl2N5O. The minimum atomic E-state index is -0.435. The molecule has 0 saturated carbocycles. The predicted octanol–water partition coefficient (Wildman–Crippen LogP) is 1.73. The largest absolute Gasteiger partial charge is 0.353 e. The Balaban J connectivity index is 0. The SMILES string of the molecule is CCC(C)C(N)C(=O)NCCn1cnnc1C(C)C.Cl.Cl. The number of amides is 1. The fourth-order valence-corrected chi connectivity index (χ4v) is 1.81. The van der Waals surface area contributed by atoms with E-state index in [-0.39, 0.29) is 36.6 Å². The summed E-state index contributed by atoms with van der Waals surface area (Å²) in [4.78, 5) is 11.8. The number of carbonyl (C=O) groups is 1. The third-order valence-electron chi connectivity index (χ3n) is 3.37. The third kappa shape index (κ3) is 6.63. The van der Waals surface area contributed by atoms with Crippen molar-refractivity contribution < 1.29 is 4.79 Å². The molecule has 1 aromatic rings. The molecule has 0 bridgehead atoms.